The Hall–Kier alpha value is -1.79. The molecular weight excluding hydrogens is 362 g/mol. The van der Waals surface area contributed by atoms with Crippen LogP contribution in [0, 0.1) is 0 Å². The molecule has 2 N–H and O–H groups in total. The van der Waals surface area contributed by atoms with Gasteiger partial charge in [-0.15, -0.1) is 0 Å². The van der Waals surface area contributed by atoms with Gasteiger partial charge in [-0.3, -0.25) is 4.90 Å². The maximum absolute atomic E-state index is 5.43. The highest BCUT2D eigenvalue weighted by Gasteiger charge is 2.12. The molecule has 1 fully saturated rings. The maximum Gasteiger partial charge on any atom is 0.191 e. The number of nitrogens with one attached hydrogen (secondary N) is 2. The van der Waals surface area contributed by atoms with Gasteiger partial charge in [0, 0.05) is 50.5 Å². The zero-order valence-corrected chi connectivity index (χ0v) is 19.1. The summed E-state index contributed by atoms with van der Waals surface area (Å²) in [5.74, 6) is 0.894. The first-order chi connectivity index (χ1) is 14.0. The van der Waals surface area contributed by atoms with Crippen LogP contribution in [0.25, 0.3) is 0 Å². The number of ether oxygens (including phenoxy) is 1. The van der Waals surface area contributed by atoms with E-state index in [0.29, 0.717) is 18.6 Å². The molecule has 1 aromatic carbocycles. The van der Waals surface area contributed by atoms with Crippen LogP contribution in [0.4, 0.5) is 5.69 Å². The summed E-state index contributed by atoms with van der Waals surface area (Å²) >= 11 is 0. The highest BCUT2D eigenvalue weighted by molar-refractivity contribution is 5.79. The van der Waals surface area contributed by atoms with Gasteiger partial charge in [0.05, 0.1) is 19.8 Å². The summed E-state index contributed by atoms with van der Waals surface area (Å²) in [6, 6.07) is 9.92. The van der Waals surface area contributed by atoms with Crippen molar-refractivity contribution in [2.75, 3.05) is 50.8 Å². The molecule has 0 atom stereocenters. The Labute approximate surface area is 177 Å². The molecule has 1 aromatic rings. The highest BCUT2D eigenvalue weighted by atomic mass is 16.5. The molecule has 164 valence electrons. The van der Waals surface area contributed by atoms with E-state index in [2.05, 4.69) is 79.3 Å². The molecule has 0 amide bonds. The summed E-state index contributed by atoms with van der Waals surface area (Å²) in [5, 5.41) is 6.83. The molecule has 1 aliphatic heterocycles. The molecule has 0 unspecified atom stereocenters. The zero-order valence-electron chi connectivity index (χ0n) is 19.1. The molecule has 6 heteroatoms. The largest absolute Gasteiger partial charge is 0.378 e. The first-order valence-electron chi connectivity index (χ1n) is 11.2. The van der Waals surface area contributed by atoms with E-state index in [1.807, 2.05) is 0 Å². The van der Waals surface area contributed by atoms with E-state index in [0.717, 1.165) is 58.3 Å². The van der Waals surface area contributed by atoms with Crippen molar-refractivity contribution < 1.29 is 4.74 Å². The molecule has 1 heterocycles. The maximum atomic E-state index is 5.43. The summed E-state index contributed by atoms with van der Waals surface area (Å²) in [5.41, 5.74) is 2.50. The van der Waals surface area contributed by atoms with E-state index in [1.54, 1.807) is 0 Å². The van der Waals surface area contributed by atoms with Gasteiger partial charge in [0.15, 0.2) is 5.96 Å². The summed E-state index contributed by atoms with van der Waals surface area (Å²) in [6.07, 6.45) is 1.11. The molecule has 0 aromatic heterocycles. The van der Waals surface area contributed by atoms with Gasteiger partial charge in [-0.2, -0.15) is 0 Å². The summed E-state index contributed by atoms with van der Waals surface area (Å²) < 4.78 is 5.43. The molecule has 1 aliphatic rings. The molecule has 0 bridgehead atoms. The highest BCUT2D eigenvalue weighted by Crippen LogP contribution is 2.17. The Morgan fingerprint density at radius 3 is 2.31 bits per heavy atom. The predicted molar refractivity (Wildman–Crippen MR) is 124 cm³/mol. The molecule has 29 heavy (non-hydrogen) atoms. The summed E-state index contributed by atoms with van der Waals surface area (Å²) in [6.45, 7) is 18.3. The standard InChI is InChI=1S/C23H41N5O/c1-6-24-23(25-12-7-13-28(19(2)3)20(4)5)26-18-21-8-10-22(11-9-21)27-14-16-29-17-15-27/h8-11,19-20H,6-7,12-18H2,1-5H3,(H2,24,25,26). The average Bonchev–Trinajstić information content (AvgIpc) is 2.72. The van der Waals surface area contributed by atoms with Crippen molar-refractivity contribution in [2.45, 2.75) is 59.7 Å². The third-order valence-electron chi connectivity index (χ3n) is 5.29. The monoisotopic (exact) mass is 403 g/mol. The second kappa shape index (κ2) is 12.7. The van der Waals surface area contributed by atoms with Crippen molar-refractivity contribution in [1.82, 2.24) is 15.5 Å². The fraction of sp³-hybridized carbons (Fsp3) is 0.696. The fourth-order valence-electron chi connectivity index (χ4n) is 3.73. The fourth-order valence-corrected chi connectivity index (χ4v) is 3.73. The first kappa shape index (κ1) is 23.5. The van der Waals surface area contributed by atoms with Crippen molar-refractivity contribution in [2.24, 2.45) is 4.99 Å². The topological polar surface area (TPSA) is 52.1 Å². The van der Waals surface area contributed by atoms with E-state index >= 15 is 0 Å². The van der Waals surface area contributed by atoms with Crippen molar-refractivity contribution in [3.63, 3.8) is 0 Å². The van der Waals surface area contributed by atoms with Gasteiger partial charge < -0.3 is 20.3 Å². The molecule has 2 rings (SSSR count). The van der Waals surface area contributed by atoms with Crippen molar-refractivity contribution in [1.29, 1.82) is 0 Å². The van der Waals surface area contributed by atoms with Gasteiger partial charge in [-0.05, 0) is 58.7 Å². The molecule has 0 aliphatic carbocycles. The second-order valence-corrected chi connectivity index (χ2v) is 8.17. The smallest absolute Gasteiger partial charge is 0.191 e. The Morgan fingerprint density at radius 1 is 1.07 bits per heavy atom. The van der Waals surface area contributed by atoms with Crippen LogP contribution >= 0.6 is 0 Å². The molecule has 0 radical (unpaired) electrons. The van der Waals surface area contributed by atoms with Gasteiger partial charge in [-0.1, -0.05) is 12.1 Å². The van der Waals surface area contributed by atoms with E-state index < -0.39 is 0 Å². The Morgan fingerprint density at radius 2 is 1.72 bits per heavy atom. The van der Waals surface area contributed by atoms with Crippen molar-refractivity contribution in [3.05, 3.63) is 29.8 Å². The van der Waals surface area contributed by atoms with Crippen LogP contribution in [0.1, 0.15) is 46.6 Å². The lowest BCUT2D eigenvalue weighted by Gasteiger charge is -2.30. The number of aliphatic imine (C=N–C) groups is 1. The average molecular weight is 404 g/mol. The molecule has 0 spiro atoms. The van der Waals surface area contributed by atoms with Crippen molar-refractivity contribution >= 4 is 11.6 Å². The Kier molecular flexibility index (Phi) is 10.3. The van der Waals surface area contributed by atoms with Crippen LogP contribution in [0.2, 0.25) is 0 Å². The van der Waals surface area contributed by atoms with Gasteiger partial charge >= 0.3 is 0 Å². The van der Waals surface area contributed by atoms with Crippen LogP contribution in [0.5, 0.6) is 0 Å². The minimum Gasteiger partial charge on any atom is -0.378 e. The number of hydrogen-bond donors (Lipinski definition) is 2. The minimum absolute atomic E-state index is 0.581. The third kappa shape index (κ3) is 8.23. The SMILES string of the molecule is CCNC(=NCc1ccc(N2CCOCC2)cc1)NCCCN(C(C)C)C(C)C. The van der Waals surface area contributed by atoms with Gasteiger partial charge in [0.1, 0.15) is 0 Å². The molecule has 6 nitrogen and oxygen atoms in total. The lowest BCUT2D eigenvalue weighted by Crippen LogP contribution is -2.41. The number of rotatable bonds is 10. The van der Waals surface area contributed by atoms with Crippen LogP contribution in [-0.4, -0.2) is 68.9 Å². The predicted octanol–water partition coefficient (Wildman–Crippen LogP) is 3.09. The van der Waals surface area contributed by atoms with Crippen molar-refractivity contribution in [3.8, 4) is 0 Å². The lowest BCUT2D eigenvalue weighted by molar-refractivity contribution is 0.122. The van der Waals surface area contributed by atoms with Gasteiger partial charge in [0.25, 0.3) is 0 Å². The number of nitrogens with zero attached hydrogens (tertiary/aromatic N) is 3. The van der Waals surface area contributed by atoms with Crippen LogP contribution < -0.4 is 15.5 Å². The van der Waals surface area contributed by atoms with E-state index in [1.165, 1.54) is 11.3 Å². The normalized spacial score (nSPS) is 15.4. The lowest BCUT2D eigenvalue weighted by atomic mass is 10.2. The summed E-state index contributed by atoms with van der Waals surface area (Å²) in [7, 11) is 0. The third-order valence-corrected chi connectivity index (χ3v) is 5.29. The van der Waals surface area contributed by atoms with E-state index in [4.69, 9.17) is 9.73 Å². The van der Waals surface area contributed by atoms with Gasteiger partial charge in [0.2, 0.25) is 0 Å². The number of morpholine rings is 1. The Balaban J connectivity index is 1.81. The molecule has 1 saturated heterocycles. The van der Waals surface area contributed by atoms with Crippen LogP contribution in [0.3, 0.4) is 0 Å². The number of anilines is 1. The van der Waals surface area contributed by atoms with Crippen LogP contribution in [-0.2, 0) is 11.3 Å². The van der Waals surface area contributed by atoms with E-state index in [9.17, 15) is 0 Å². The first-order valence-corrected chi connectivity index (χ1v) is 11.2. The number of hydrogen-bond acceptors (Lipinski definition) is 4. The summed E-state index contributed by atoms with van der Waals surface area (Å²) in [4.78, 5) is 9.66. The van der Waals surface area contributed by atoms with Crippen LogP contribution in [0.15, 0.2) is 29.3 Å². The zero-order chi connectivity index (χ0) is 21.1. The minimum atomic E-state index is 0.581. The number of guanidine groups is 1. The molecular formula is C23H41N5O. The van der Waals surface area contributed by atoms with Gasteiger partial charge in [-0.25, -0.2) is 4.99 Å². The van der Waals surface area contributed by atoms with E-state index in [-0.39, 0.29) is 0 Å². The second-order valence-electron chi connectivity index (χ2n) is 8.17. The number of benzene rings is 1. The Bertz CT molecular complexity index is 586. The quantitative estimate of drug-likeness (QED) is 0.357. The molecule has 0 saturated carbocycles.